The van der Waals surface area contributed by atoms with E-state index in [2.05, 4.69) is 28.3 Å². The minimum atomic E-state index is -0.507. The lowest BCUT2D eigenvalue weighted by Crippen LogP contribution is -2.43. The van der Waals surface area contributed by atoms with Gasteiger partial charge in [0.2, 0.25) is 11.8 Å². The van der Waals surface area contributed by atoms with Gasteiger partial charge in [0.15, 0.2) is 17.5 Å². The van der Waals surface area contributed by atoms with E-state index in [0.717, 1.165) is 74.8 Å². The summed E-state index contributed by atoms with van der Waals surface area (Å²) in [4.78, 5) is 24.1. The minimum Gasteiger partial charge on any atom is -0.440 e. The van der Waals surface area contributed by atoms with Crippen LogP contribution in [0, 0.1) is 6.92 Å². The van der Waals surface area contributed by atoms with Crippen LogP contribution in [0.1, 0.15) is 74.9 Å². The topological polar surface area (TPSA) is 94.5 Å². The zero-order valence-electron chi connectivity index (χ0n) is 23.2. The smallest absolute Gasteiger partial charge is 0.233 e. The number of carbonyl (C=O) groups is 1. The molecule has 8 nitrogen and oxygen atoms in total. The van der Waals surface area contributed by atoms with E-state index in [9.17, 15) is 9.18 Å². The van der Waals surface area contributed by atoms with E-state index in [1.165, 1.54) is 11.1 Å². The Labute approximate surface area is 234 Å². The fourth-order valence-electron chi connectivity index (χ4n) is 5.97. The van der Waals surface area contributed by atoms with Gasteiger partial charge in [-0.05, 0) is 64.0 Å². The molecule has 7 rings (SSSR count). The highest BCUT2D eigenvalue weighted by Crippen LogP contribution is 2.56. The molecular formula is C31H37FN4O4. The molecule has 2 fully saturated rings. The normalized spacial score (nSPS) is 18.1. The summed E-state index contributed by atoms with van der Waals surface area (Å²) in [6, 6.07) is 7.81. The molecule has 4 aliphatic rings. The standard InChI is InChI=1S/C29H33FN4O4.C2H4/c1-19-32-28(38-33-19)29-10-7-22(23(15-29)16-29)18-34(26(35)6-3-11-30)24-5-2-4-21(14-24)25-17-31-27(37-25)20-8-12-36-13-9-20;1-2/h2,4-5,14,17,20H,3,6-13,15-16,18H2,1H3;1-2H2. The first kappa shape index (κ1) is 28.0. The van der Waals surface area contributed by atoms with Crippen molar-refractivity contribution in [3.8, 4) is 11.3 Å². The van der Waals surface area contributed by atoms with Crippen molar-refractivity contribution in [2.45, 2.75) is 69.6 Å². The van der Waals surface area contributed by atoms with Gasteiger partial charge in [0.05, 0.1) is 18.3 Å². The number of halogens is 1. The molecule has 3 heterocycles. The maximum atomic E-state index is 13.3. The summed E-state index contributed by atoms with van der Waals surface area (Å²) in [5, 5.41) is 3.98. The molecule has 1 amide bonds. The second kappa shape index (κ2) is 12.3. The van der Waals surface area contributed by atoms with Crippen molar-refractivity contribution < 1.29 is 22.9 Å². The van der Waals surface area contributed by atoms with E-state index < -0.39 is 6.67 Å². The Kier molecular flexibility index (Phi) is 8.59. The number of rotatable bonds is 9. The van der Waals surface area contributed by atoms with Gasteiger partial charge in [-0.25, -0.2) is 4.98 Å². The summed E-state index contributed by atoms with van der Waals surface area (Å²) in [6.07, 6.45) is 7.55. The number of allylic oxidation sites excluding steroid dienone is 1. The number of anilines is 1. The molecule has 3 aromatic rings. The average Bonchev–Trinajstić information content (AvgIpc) is 3.66. The zero-order chi connectivity index (χ0) is 28.1. The number of aromatic nitrogens is 3. The lowest BCUT2D eigenvalue weighted by molar-refractivity contribution is -0.118. The summed E-state index contributed by atoms with van der Waals surface area (Å²) >= 11 is 0. The summed E-state index contributed by atoms with van der Waals surface area (Å²) in [5.41, 5.74) is 4.24. The lowest BCUT2D eigenvalue weighted by Gasteiger charge is -2.47. The lowest BCUT2D eigenvalue weighted by atomic mass is 9.57. The largest absolute Gasteiger partial charge is 0.440 e. The van der Waals surface area contributed by atoms with Gasteiger partial charge < -0.3 is 18.6 Å². The maximum Gasteiger partial charge on any atom is 0.233 e. The summed E-state index contributed by atoms with van der Waals surface area (Å²) in [5.74, 6) is 3.01. The van der Waals surface area contributed by atoms with Gasteiger partial charge >= 0.3 is 0 Å². The number of alkyl halides is 1. The average molecular weight is 549 g/mol. The van der Waals surface area contributed by atoms with Crippen LogP contribution in [0.15, 0.2) is 63.7 Å². The van der Waals surface area contributed by atoms with Crippen LogP contribution < -0.4 is 4.90 Å². The number of ether oxygens (including phenoxy) is 1. The molecule has 1 aromatic carbocycles. The Hall–Kier alpha value is -3.59. The first-order valence-corrected chi connectivity index (χ1v) is 14.1. The Morgan fingerprint density at radius 3 is 2.70 bits per heavy atom. The molecular weight excluding hydrogens is 511 g/mol. The molecule has 3 aliphatic carbocycles. The Bertz CT molecular complexity index is 1350. The molecule has 1 aliphatic heterocycles. The highest BCUT2D eigenvalue weighted by atomic mass is 19.1. The van der Waals surface area contributed by atoms with Gasteiger partial charge in [-0.15, -0.1) is 13.2 Å². The van der Waals surface area contributed by atoms with E-state index in [1.807, 2.05) is 31.2 Å². The van der Waals surface area contributed by atoms with Crippen molar-refractivity contribution in [2.75, 3.05) is 31.3 Å². The highest BCUT2D eigenvalue weighted by molar-refractivity contribution is 5.94. The van der Waals surface area contributed by atoms with Crippen molar-refractivity contribution >= 4 is 11.6 Å². The molecule has 212 valence electrons. The number of aryl methyl sites for hydroxylation is 1. The Morgan fingerprint density at radius 2 is 2.02 bits per heavy atom. The van der Waals surface area contributed by atoms with Crippen molar-refractivity contribution in [2.24, 2.45) is 0 Å². The predicted octanol–water partition coefficient (Wildman–Crippen LogP) is 6.63. The van der Waals surface area contributed by atoms with Gasteiger partial charge in [0.25, 0.3) is 0 Å². The predicted molar refractivity (Wildman–Crippen MR) is 150 cm³/mol. The fourth-order valence-corrected chi connectivity index (χ4v) is 5.97. The minimum absolute atomic E-state index is 0.0580. The van der Waals surface area contributed by atoms with Crippen LogP contribution in [-0.2, 0) is 14.9 Å². The van der Waals surface area contributed by atoms with Crippen molar-refractivity contribution in [3.05, 3.63) is 72.4 Å². The monoisotopic (exact) mass is 548 g/mol. The molecule has 1 saturated heterocycles. The van der Waals surface area contributed by atoms with Crippen LogP contribution in [0.25, 0.3) is 11.3 Å². The summed E-state index contributed by atoms with van der Waals surface area (Å²) in [6.45, 7) is 9.29. The van der Waals surface area contributed by atoms with Crippen LogP contribution in [-0.4, -0.2) is 47.5 Å². The number of amides is 1. The van der Waals surface area contributed by atoms with Crippen molar-refractivity contribution in [1.29, 1.82) is 0 Å². The third-order valence-corrected chi connectivity index (χ3v) is 8.20. The molecule has 0 spiro atoms. The zero-order valence-corrected chi connectivity index (χ0v) is 23.2. The molecule has 40 heavy (non-hydrogen) atoms. The number of hydrogen-bond donors (Lipinski definition) is 0. The van der Waals surface area contributed by atoms with Crippen molar-refractivity contribution in [1.82, 2.24) is 15.1 Å². The number of fused-ring (bicyclic) bond motifs is 2. The number of oxazole rings is 1. The highest BCUT2D eigenvalue weighted by Gasteiger charge is 2.50. The van der Waals surface area contributed by atoms with Gasteiger partial charge in [-0.3, -0.25) is 9.18 Å². The van der Waals surface area contributed by atoms with Crippen LogP contribution in [0.2, 0.25) is 0 Å². The van der Waals surface area contributed by atoms with Gasteiger partial charge in [-0.1, -0.05) is 28.4 Å². The van der Waals surface area contributed by atoms with Crippen LogP contribution in [0.4, 0.5) is 10.1 Å². The van der Waals surface area contributed by atoms with E-state index in [0.29, 0.717) is 18.1 Å². The Balaban J connectivity index is 0.00000158. The fraction of sp³-hybridized carbons (Fsp3) is 0.484. The second-order valence-electron chi connectivity index (χ2n) is 10.8. The molecule has 0 radical (unpaired) electrons. The quantitative estimate of drug-likeness (QED) is 0.277. The van der Waals surface area contributed by atoms with E-state index >= 15 is 0 Å². The maximum absolute atomic E-state index is 13.3. The summed E-state index contributed by atoms with van der Waals surface area (Å²) in [7, 11) is 0. The van der Waals surface area contributed by atoms with E-state index in [4.69, 9.17) is 13.7 Å². The van der Waals surface area contributed by atoms with Gasteiger partial charge in [0.1, 0.15) is 0 Å². The van der Waals surface area contributed by atoms with Crippen LogP contribution in [0.5, 0.6) is 0 Å². The molecule has 2 bridgehead atoms. The van der Waals surface area contributed by atoms with E-state index in [-0.39, 0.29) is 30.1 Å². The molecule has 0 atom stereocenters. The summed E-state index contributed by atoms with van der Waals surface area (Å²) < 4.78 is 30.1. The van der Waals surface area contributed by atoms with Crippen LogP contribution >= 0.6 is 0 Å². The second-order valence-corrected chi connectivity index (χ2v) is 10.8. The number of carbonyl (C=O) groups excluding carboxylic acids is 1. The first-order chi connectivity index (χ1) is 19.5. The molecule has 0 N–H and O–H groups in total. The third-order valence-electron chi connectivity index (χ3n) is 8.20. The number of benzene rings is 1. The molecule has 1 saturated carbocycles. The third kappa shape index (κ3) is 5.66. The van der Waals surface area contributed by atoms with E-state index in [1.54, 1.807) is 11.1 Å². The van der Waals surface area contributed by atoms with Gasteiger partial charge in [0, 0.05) is 43.3 Å². The first-order valence-electron chi connectivity index (χ1n) is 14.1. The number of hydrogen-bond acceptors (Lipinski definition) is 7. The van der Waals surface area contributed by atoms with Crippen molar-refractivity contribution in [3.63, 3.8) is 0 Å². The van der Waals surface area contributed by atoms with Crippen LogP contribution in [0.3, 0.4) is 0 Å². The molecule has 2 aromatic heterocycles. The van der Waals surface area contributed by atoms with Gasteiger partial charge in [-0.2, -0.15) is 4.98 Å². The SMILES string of the molecule is C=C.Cc1noc(C23CCC(CN(C(=O)CCCF)c4cccc(-c5cnc(C6CCOCC6)o5)c4)=C(C2)C3)n1. The number of nitrogens with zero attached hydrogens (tertiary/aromatic N) is 4. The Morgan fingerprint density at radius 1 is 1.23 bits per heavy atom. The molecule has 9 heteroatoms. The molecule has 0 unspecified atom stereocenters.